The van der Waals surface area contributed by atoms with Gasteiger partial charge in [0.1, 0.15) is 5.82 Å². The summed E-state index contributed by atoms with van der Waals surface area (Å²) in [5.74, 6) is 2.15. The van der Waals surface area contributed by atoms with Crippen molar-refractivity contribution in [3.05, 3.63) is 18.2 Å². The Labute approximate surface area is 133 Å². The molecule has 2 aliphatic rings. The van der Waals surface area contributed by atoms with Gasteiger partial charge in [-0.3, -0.25) is 9.69 Å². The molecular weight excluding hydrogens is 276 g/mol. The second kappa shape index (κ2) is 7.27. The second-order valence-corrected chi connectivity index (χ2v) is 6.79. The van der Waals surface area contributed by atoms with Crippen molar-refractivity contribution < 1.29 is 4.79 Å². The van der Waals surface area contributed by atoms with E-state index in [0.717, 1.165) is 38.5 Å². The highest BCUT2D eigenvalue weighted by atomic mass is 16.2. The summed E-state index contributed by atoms with van der Waals surface area (Å²) >= 11 is 0. The molecule has 2 saturated heterocycles. The Kier molecular flexibility index (Phi) is 5.13. The van der Waals surface area contributed by atoms with Crippen LogP contribution in [0.1, 0.15) is 37.9 Å². The fourth-order valence-corrected chi connectivity index (χ4v) is 3.64. The molecule has 0 aromatic carbocycles. The highest BCUT2D eigenvalue weighted by Crippen LogP contribution is 2.20. The molecule has 3 heterocycles. The number of amides is 1. The summed E-state index contributed by atoms with van der Waals surface area (Å²) < 4.78 is 2.25. The molecule has 22 heavy (non-hydrogen) atoms. The van der Waals surface area contributed by atoms with E-state index >= 15 is 0 Å². The maximum atomic E-state index is 12.3. The highest BCUT2D eigenvalue weighted by Gasteiger charge is 2.24. The number of nitrogens with zero attached hydrogens (tertiary/aromatic N) is 4. The molecule has 2 aliphatic heterocycles. The predicted molar refractivity (Wildman–Crippen MR) is 86.6 cm³/mol. The van der Waals surface area contributed by atoms with Crippen molar-refractivity contribution in [1.29, 1.82) is 0 Å². The van der Waals surface area contributed by atoms with E-state index in [-0.39, 0.29) is 0 Å². The zero-order valence-corrected chi connectivity index (χ0v) is 13.7. The third-order valence-corrected chi connectivity index (χ3v) is 5.15. The number of piperidine rings is 2. The predicted octanol–water partition coefficient (Wildman–Crippen LogP) is 1.92. The highest BCUT2D eigenvalue weighted by molar-refractivity contribution is 5.78. The van der Waals surface area contributed by atoms with Gasteiger partial charge in [0.05, 0.1) is 6.54 Å². The van der Waals surface area contributed by atoms with E-state index in [9.17, 15) is 4.79 Å². The van der Waals surface area contributed by atoms with Gasteiger partial charge < -0.3 is 9.47 Å². The maximum Gasteiger partial charge on any atom is 0.236 e. The smallest absolute Gasteiger partial charge is 0.236 e. The molecule has 1 aromatic rings. The molecule has 0 unspecified atom stereocenters. The van der Waals surface area contributed by atoms with Gasteiger partial charge in [-0.25, -0.2) is 4.98 Å². The van der Waals surface area contributed by atoms with Crippen LogP contribution in [-0.4, -0.2) is 58.0 Å². The summed E-state index contributed by atoms with van der Waals surface area (Å²) in [7, 11) is 0. The fraction of sp³-hybridized carbons (Fsp3) is 0.765. The topological polar surface area (TPSA) is 41.4 Å². The van der Waals surface area contributed by atoms with E-state index in [1.807, 2.05) is 6.20 Å². The van der Waals surface area contributed by atoms with Crippen LogP contribution >= 0.6 is 0 Å². The summed E-state index contributed by atoms with van der Waals surface area (Å²) in [6.07, 6.45) is 9.96. The van der Waals surface area contributed by atoms with Crippen LogP contribution in [0.2, 0.25) is 0 Å². The molecule has 0 aliphatic carbocycles. The lowest BCUT2D eigenvalue weighted by atomic mass is 9.96. The Morgan fingerprint density at radius 2 is 1.91 bits per heavy atom. The normalized spacial score (nSPS) is 21.2. The van der Waals surface area contributed by atoms with Gasteiger partial charge in [0, 0.05) is 32.0 Å². The number of carbonyl (C=O) groups is 1. The minimum atomic E-state index is 0.337. The Balaban J connectivity index is 1.41. The van der Waals surface area contributed by atoms with Crippen LogP contribution in [0.5, 0.6) is 0 Å². The Morgan fingerprint density at radius 1 is 1.18 bits per heavy atom. The molecule has 1 aromatic heterocycles. The molecule has 5 heteroatoms. The van der Waals surface area contributed by atoms with Crippen LogP contribution in [0.15, 0.2) is 12.4 Å². The quantitative estimate of drug-likeness (QED) is 0.853. The average Bonchev–Trinajstić information content (AvgIpc) is 2.95. The maximum absolute atomic E-state index is 12.3. The summed E-state index contributed by atoms with van der Waals surface area (Å²) in [6.45, 7) is 7.80. The Bertz CT molecular complexity index is 485. The summed E-state index contributed by atoms with van der Waals surface area (Å²) in [4.78, 5) is 21.0. The van der Waals surface area contributed by atoms with E-state index in [0.29, 0.717) is 18.4 Å². The largest absolute Gasteiger partial charge is 0.342 e. The Morgan fingerprint density at radius 3 is 2.55 bits per heavy atom. The lowest BCUT2D eigenvalue weighted by molar-refractivity contribution is -0.133. The molecule has 0 atom stereocenters. The van der Waals surface area contributed by atoms with Crippen molar-refractivity contribution in [2.45, 2.75) is 45.6 Å². The Hall–Kier alpha value is -1.36. The fourth-order valence-electron chi connectivity index (χ4n) is 3.64. The minimum absolute atomic E-state index is 0.337. The van der Waals surface area contributed by atoms with E-state index in [4.69, 9.17) is 0 Å². The molecule has 3 rings (SSSR count). The van der Waals surface area contributed by atoms with Crippen molar-refractivity contribution in [2.75, 3.05) is 32.7 Å². The van der Waals surface area contributed by atoms with Crippen LogP contribution in [0, 0.1) is 12.8 Å². The summed E-state index contributed by atoms with van der Waals surface area (Å²) in [5.41, 5.74) is 0. The van der Waals surface area contributed by atoms with Gasteiger partial charge in [0.15, 0.2) is 0 Å². The number of hydrogen-bond donors (Lipinski definition) is 0. The van der Waals surface area contributed by atoms with E-state index in [1.165, 1.54) is 32.1 Å². The van der Waals surface area contributed by atoms with Crippen molar-refractivity contribution in [3.8, 4) is 0 Å². The van der Waals surface area contributed by atoms with Crippen molar-refractivity contribution in [3.63, 3.8) is 0 Å². The first kappa shape index (κ1) is 15.5. The number of aromatic nitrogens is 2. The zero-order chi connectivity index (χ0) is 15.4. The average molecular weight is 304 g/mol. The number of aryl methyl sites for hydroxylation is 1. The molecule has 0 bridgehead atoms. The van der Waals surface area contributed by atoms with Gasteiger partial charge in [-0.2, -0.15) is 0 Å². The minimum Gasteiger partial charge on any atom is -0.342 e. The second-order valence-electron chi connectivity index (χ2n) is 6.79. The van der Waals surface area contributed by atoms with Crippen LogP contribution in [-0.2, 0) is 11.3 Å². The molecule has 0 saturated carbocycles. The van der Waals surface area contributed by atoms with Crippen LogP contribution in [0.25, 0.3) is 0 Å². The summed E-state index contributed by atoms with van der Waals surface area (Å²) in [5, 5.41) is 0. The van der Waals surface area contributed by atoms with Gasteiger partial charge in [0.25, 0.3) is 0 Å². The first-order valence-electron chi connectivity index (χ1n) is 8.70. The molecule has 2 fully saturated rings. The van der Waals surface area contributed by atoms with Gasteiger partial charge >= 0.3 is 0 Å². The van der Waals surface area contributed by atoms with Crippen LogP contribution in [0.4, 0.5) is 0 Å². The van der Waals surface area contributed by atoms with Gasteiger partial charge in [-0.05, 0) is 58.0 Å². The molecule has 0 radical (unpaired) electrons. The lowest BCUT2D eigenvalue weighted by Crippen LogP contribution is -2.45. The molecular formula is C17H28N4O. The zero-order valence-electron chi connectivity index (χ0n) is 13.7. The van der Waals surface area contributed by atoms with E-state index in [1.54, 1.807) is 0 Å². The SMILES string of the molecule is Cc1nccn1CC1CCN(CC(=O)N2CCCCC2)CC1. The first-order chi connectivity index (χ1) is 10.7. The number of carbonyl (C=O) groups excluding carboxylic acids is 1. The number of hydrogen-bond acceptors (Lipinski definition) is 3. The molecule has 122 valence electrons. The first-order valence-corrected chi connectivity index (χ1v) is 8.70. The lowest BCUT2D eigenvalue weighted by Gasteiger charge is -2.34. The van der Waals surface area contributed by atoms with Gasteiger partial charge in [-0.1, -0.05) is 0 Å². The monoisotopic (exact) mass is 304 g/mol. The van der Waals surface area contributed by atoms with Crippen molar-refractivity contribution >= 4 is 5.91 Å². The van der Waals surface area contributed by atoms with Crippen molar-refractivity contribution in [2.24, 2.45) is 5.92 Å². The third-order valence-electron chi connectivity index (χ3n) is 5.15. The van der Waals surface area contributed by atoms with Gasteiger partial charge in [-0.15, -0.1) is 0 Å². The number of likely N-dealkylation sites (tertiary alicyclic amines) is 2. The third kappa shape index (κ3) is 3.88. The molecule has 0 N–H and O–H groups in total. The van der Waals surface area contributed by atoms with Crippen molar-refractivity contribution in [1.82, 2.24) is 19.4 Å². The number of imidazole rings is 1. The molecule has 1 amide bonds. The van der Waals surface area contributed by atoms with E-state index in [2.05, 4.69) is 32.5 Å². The molecule has 5 nitrogen and oxygen atoms in total. The van der Waals surface area contributed by atoms with Crippen LogP contribution in [0.3, 0.4) is 0 Å². The van der Waals surface area contributed by atoms with Crippen LogP contribution < -0.4 is 0 Å². The van der Waals surface area contributed by atoms with Gasteiger partial charge in [0.2, 0.25) is 5.91 Å². The standard InChI is InChI=1S/C17H28N4O/c1-15-18-7-12-21(15)13-16-5-10-19(11-6-16)14-17(22)20-8-3-2-4-9-20/h7,12,16H,2-6,8-11,13-14H2,1H3. The summed E-state index contributed by atoms with van der Waals surface area (Å²) in [6, 6.07) is 0. The number of rotatable bonds is 4. The van der Waals surface area contributed by atoms with E-state index < -0.39 is 0 Å². The molecule has 0 spiro atoms.